The molecule has 0 spiro atoms. The molecule has 3 rings (SSSR count). The van der Waals surface area contributed by atoms with E-state index in [1.807, 2.05) is 0 Å². The van der Waals surface area contributed by atoms with Crippen molar-refractivity contribution in [3.05, 3.63) is 65.5 Å². The van der Waals surface area contributed by atoms with Crippen molar-refractivity contribution in [1.82, 2.24) is 5.01 Å². The van der Waals surface area contributed by atoms with Crippen LogP contribution in [0.25, 0.3) is 0 Å². The van der Waals surface area contributed by atoms with E-state index in [0.717, 1.165) is 17.1 Å². The number of hydrogen-bond acceptors (Lipinski definition) is 3. The van der Waals surface area contributed by atoms with E-state index < -0.39 is 23.4 Å². The molecule has 0 radical (unpaired) electrons. The summed E-state index contributed by atoms with van der Waals surface area (Å²) in [6.45, 7) is -0.377. The first-order valence-electron chi connectivity index (χ1n) is 8.20. The molecular weight excluding hydrogens is 359 g/mol. The standard InChI is InChI=1S/C19H16F3N3O2/c1-24(14-4-2-3-12(20)9-14)19(27)11-25-18(26)8-7-17(23-25)15-6-5-13(21)10-16(15)22/h2-6,9-10H,7-8,11H2,1H3. The second kappa shape index (κ2) is 7.61. The fourth-order valence-electron chi connectivity index (χ4n) is 2.70. The molecule has 27 heavy (non-hydrogen) atoms. The first kappa shape index (κ1) is 18.6. The van der Waals surface area contributed by atoms with Gasteiger partial charge in [0, 0.05) is 37.2 Å². The molecule has 0 saturated carbocycles. The molecule has 0 saturated heterocycles. The molecule has 1 heterocycles. The smallest absolute Gasteiger partial charge is 0.248 e. The molecule has 0 atom stereocenters. The summed E-state index contributed by atoms with van der Waals surface area (Å²) in [7, 11) is 1.45. The van der Waals surface area contributed by atoms with Gasteiger partial charge in [0.15, 0.2) is 0 Å². The van der Waals surface area contributed by atoms with E-state index in [0.29, 0.717) is 5.69 Å². The number of likely N-dealkylation sites (N-methyl/N-ethyl adjacent to an activating group) is 1. The van der Waals surface area contributed by atoms with Gasteiger partial charge in [-0.2, -0.15) is 5.10 Å². The first-order chi connectivity index (χ1) is 12.8. The zero-order chi connectivity index (χ0) is 19.6. The van der Waals surface area contributed by atoms with Crippen LogP contribution in [0.4, 0.5) is 18.9 Å². The Kier molecular flexibility index (Phi) is 5.25. The van der Waals surface area contributed by atoms with Crippen LogP contribution in [-0.4, -0.2) is 36.1 Å². The van der Waals surface area contributed by atoms with E-state index in [9.17, 15) is 22.8 Å². The number of amides is 2. The number of carbonyl (C=O) groups excluding carboxylic acids is 2. The molecule has 8 heteroatoms. The minimum absolute atomic E-state index is 0.0482. The normalized spacial score (nSPS) is 14.1. The van der Waals surface area contributed by atoms with Crippen molar-refractivity contribution in [3.63, 3.8) is 0 Å². The van der Waals surface area contributed by atoms with Crippen molar-refractivity contribution < 1.29 is 22.8 Å². The van der Waals surface area contributed by atoms with Gasteiger partial charge in [0.05, 0.1) is 5.71 Å². The molecule has 1 aliphatic rings. The predicted molar refractivity (Wildman–Crippen MR) is 93.7 cm³/mol. The highest BCUT2D eigenvalue weighted by Gasteiger charge is 2.26. The fraction of sp³-hybridized carbons (Fsp3) is 0.211. The quantitative estimate of drug-likeness (QED) is 0.825. The Hall–Kier alpha value is -3.16. The third-order valence-corrected chi connectivity index (χ3v) is 4.20. The molecule has 140 valence electrons. The Morgan fingerprint density at radius 1 is 1.11 bits per heavy atom. The van der Waals surface area contributed by atoms with Crippen molar-refractivity contribution in [2.45, 2.75) is 12.8 Å². The number of carbonyl (C=O) groups is 2. The maximum Gasteiger partial charge on any atom is 0.248 e. The number of hydrazone groups is 1. The lowest BCUT2D eigenvalue weighted by molar-refractivity contribution is -0.135. The van der Waals surface area contributed by atoms with Crippen LogP contribution < -0.4 is 4.90 Å². The van der Waals surface area contributed by atoms with Crippen molar-refractivity contribution in [3.8, 4) is 0 Å². The Balaban J connectivity index is 1.80. The third-order valence-electron chi connectivity index (χ3n) is 4.20. The van der Waals surface area contributed by atoms with Gasteiger partial charge in [0.25, 0.3) is 0 Å². The first-order valence-corrected chi connectivity index (χ1v) is 8.20. The van der Waals surface area contributed by atoms with Gasteiger partial charge in [-0.1, -0.05) is 6.07 Å². The molecule has 0 fully saturated rings. The van der Waals surface area contributed by atoms with Crippen LogP contribution in [0.5, 0.6) is 0 Å². The zero-order valence-electron chi connectivity index (χ0n) is 14.5. The minimum Gasteiger partial charge on any atom is -0.314 e. The van der Waals surface area contributed by atoms with E-state index in [1.54, 1.807) is 6.07 Å². The second-order valence-electron chi connectivity index (χ2n) is 6.05. The summed E-state index contributed by atoms with van der Waals surface area (Å²) in [4.78, 5) is 25.7. The number of halogens is 3. The average Bonchev–Trinajstić information content (AvgIpc) is 2.63. The zero-order valence-corrected chi connectivity index (χ0v) is 14.5. The van der Waals surface area contributed by atoms with E-state index in [4.69, 9.17) is 0 Å². The highest BCUT2D eigenvalue weighted by Crippen LogP contribution is 2.20. The lowest BCUT2D eigenvalue weighted by Crippen LogP contribution is -2.41. The summed E-state index contributed by atoms with van der Waals surface area (Å²) in [5, 5.41) is 5.03. The predicted octanol–water partition coefficient (Wildman–Crippen LogP) is 3.09. The van der Waals surface area contributed by atoms with Crippen LogP contribution in [0.15, 0.2) is 47.6 Å². The molecule has 0 unspecified atom stereocenters. The monoisotopic (exact) mass is 375 g/mol. The number of rotatable bonds is 4. The molecule has 0 aromatic heterocycles. The molecule has 2 aromatic rings. The van der Waals surface area contributed by atoms with Crippen LogP contribution in [0, 0.1) is 17.5 Å². The van der Waals surface area contributed by atoms with Gasteiger partial charge < -0.3 is 4.90 Å². The largest absolute Gasteiger partial charge is 0.314 e. The summed E-state index contributed by atoms with van der Waals surface area (Å²) >= 11 is 0. The number of benzene rings is 2. The maximum absolute atomic E-state index is 14.0. The minimum atomic E-state index is -0.786. The highest BCUT2D eigenvalue weighted by atomic mass is 19.1. The molecule has 1 aliphatic heterocycles. The Bertz CT molecular complexity index is 930. The van der Waals surface area contributed by atoms with Crippen molar-refractivity contribution in [1.29, 1.82) is 0 Å². The summed E-state index contributed by atoms with van der Waals surface area (Å²) < 4.78 is 40.4. The van der Waals surface area contributed by atoms with E-state index in [1.165, 1.54) is 36.2 Å². The molecule has 2 amide bonds. The van der Waals surface area contributed by atoms with Gasteiger partial charge in [-0.15, -0.1) is 0 Å². The lowest BCUT2D eigenvalue weighted by Gasteiger charge is -2.25. The Morgan fingerprint density at radius 3 is 2.56 bits per heavy atom. The van der Waals surface area contributed by atoms with E-state index in [-0.39, 0.29) is 36.6 Å². The Morgan fingerprint density at radius 2 is 1.85 bits per heavy atom. The second-order valence-corrected chi connectivity index (χ2v) is 6.05. The van der Waals surface area contributed by atoms with Gasteiger partial charge in [-0.25, -0.2) is 18.2 Å². The third kappa shape index (κ3) is 4.16. The molecular formula is C19H16F3N3O2. The number of anilines is 1. The van der Waals surface area contributed by atoms with Crippen molar-refractivity contribution >= 4 is 23.2 Å². The molecule has 2 aromatic carbocycles. The van der Waals surface area contributed by atoms with Crippen LogP contribution in [0.1, 0.15) is 18.4 Å². The number of hydrogen-bond donors (Lipinski definition) is 0. The van der Waals surface area contributed by atoms with E-state index >= 15 is 0 Å². The number of nitrogens with zero attached hydrogens (tertiary/aromatic N) is 3. The van der Waals surface area contributed by atoms with Crippen molar-refractivity contribution in [2.75, 3.05) is 18.5 Å². The van der Waals surface area contributed by atoms with E-state index in [2.05, 4.69) is 5.10 Å². The SMILES string of the molecule is CN(C(=O)CN1N=C(c2ccc(F)cc2F)CCC1=O)c1cccc(F)c1. The molecule has 0 N–H and O–H groups in total. The summed E-state index contributed by atoms with van der Waals surface area (Å²) in [6, 6.07) is 8.56. The Labute approximate surface area is 153 Å². The summed E-state index contributed by atoms with van der Waals surface area (Å²) in [5.41, 5.74) is 0.673. The van der Waals surface area contributed by atoms with Crippen LogP contribution in [0.3, 0.4) is 0 Å². The molecule has 5 nitrogen and oxygen atoms in total. The topological polar surface area (TPSA) is 53.0 Å². The van der Waals surface area contributed by atoms with Crippen LogP contribution >= 0.6 is 0 Å². The van der Waals surface area contributed by atoms with Gasteiger partial charge >= 0.3 is 0 Å². The molecule has 0 aliphatic carbocycles. The maximum atomic E-state index is 14.0. The highest BCUT2D eigenvalue weighted by molar-refractivity contribution is 6.05. The summed E-state index contributed by atoms with van der Waals surface area (Å²) in [6.07, 6.45) is 0.235. The van der Waals surface area contributed by atoms with Gasteiger partial charge in [0.1, 0.15) is 24.0 Å². The fourth-order valence-corrected chi connectivity index (χ4v) is 2.70. The molecule has 0 bridgehead atoms. The van der Waals surface area contributed by atoms with Crippen molar-refractivity contribution in [2.24, 2.45) is 5.10 Å². The van der Waals surface area contributed by atoms with Gasteiger partial charge in [-0.3, -0.25) is 9.59 Å². The lowest BCUT2D eigenvalue weighted by atomic mass is 10.0. The van der Waals surface area contributed by atoms with Crippen LogP contribution in [0.2, 0.25) is 0 Å². The van der Waals surface area contributed by atoms with Crippen LogP contribution in [-0.2, 0) is 9.59 Å². The van der Waals surface area contributed by atoms with Gasteiger partial charge in [-0.05, 0) is 30.3 Å². The summed E-state index contributed by atoms with van der Waals surface area (Å²) in [5.74, 6) is -2.87. The average molecular weight is 375 g/mol. The van der Waals surface area contributed by atoms with Gasteiger partial charge in [0.2, 0.25) is 11.8 Å².